The van der Waals surface area contributed by atoms with Crippen LogP contribution >= 0.6 is 0 Å². The number of nitrogens with zero attached hydrogens (tertiary/aromatic N) is 1. The van der Waals surface area contributed by atoms with Crippen LogP contribution in [0.5, 0.6) is 17.4 Å². The predicted molar refractivity (Wildman–Crippen MR) is 68.0 cm³/mol. The van der Waals surface area contributed by atoms with Crippen LogP contribution in [0.15, 0.2) is 24.4 Å². The summed E-state index contributed by atoms with van der Waals surface area (Å²) in [5.74, 6) is 0.314. The number of carbonyl (C=O) groups is 1. The van der Waals surface area contributed by atoms with Crippen LogP contribution in [0, 0.1) is 0 Å². The molecule has 0 aliphatic rings. The second kappa shape index (κ2) is 5.43. The van der Waals surface area contributed by atoms with Crippen molar-refractivity contribution in [1.82, 2.24) is 4.98 Å². The second-order valence-electron chi connectivity index (χ2n) is 3.73. The highest BCUT2D eigenvalue weighted by Gasteiger charge is 2.11. The lowest BCUT2D eigenvalue weighted by Crippen LogP contribution is -2.10. The molecule has 1 aromatic heterocycles. The minimum atomic E-state index is -1.06. The van der Waals surface area contributed by atoms with Gasteiger partial charge in [0.2, 0.25) is 5.88 Å². The fraction of sp³-hybridized carbons (Fsp3) is 0.231. The van der Waals surface area contributed by atoms with Crippen molar-refractivity contribution < 1.29 is 24.1 Å². The van der Waals surface area contributed by atoms with Gasteiger partial charge in [0, 0.05) is 11.6 Å². The summed E-state index contributed by atoms with van der Waals surface area (Å²) in [7, 11) is 3.07. The van der Waals surface area contributed by atoms with Crippen molar-refractivity contribution in [2.24, 2.45) is 0 Å². The first kappa shape index (κ1) is 12.9. The molecule has 0 saturated heterocycles. The van der Waals surface area contributed by atoms with Gasteiger partial charge >= 0.3 is 5.97 Å². The van der Waals surface area contributed by atoms with E-state index in [9.17, 15) is 4.79 Å². The third-order valence-electron chi connectivity index (χ3n) is 2.56. The van der Waals surface area contributed by atoms with Crippen LogP contribution in [0.1, 0.15) is 0 Å². The Morgan fingerprint density at radius 1 is 1.26 bits per heavy atom. The fourth-order valence-electron chi connectivity index (χ4n) is 1.72. The summed E-state index contributed by atoms with van der Waals surface area (Å²) in [6.07, 6.45) is 1.55. The molecular weight excluding hydrogens is 250 g/mol. The lowest BCUT2D eigenvalue weighted by Gasteiger charge is -2.11. The van der Waals surface area contributed by atoms with Gasteiger partial charge in [0.15, 0.2) is 18.1 Å². The van der Waals surface area contributed by atoms with E-state index in [2.05, 4.69) is 4.98 Å². The smallest absolute Gasteiger partial charge is 0.341 e. The van der Waals surface area contributed by atoms with E-state index in [1.54, 1.807) is 31.5 Å². The monoisotopic (exact) mass is 263 g/mol. The Morgan fingerprint density at radius 2 is 1.95 bits per heavy atom. The van der Waals surface area contributed by atoms with E-state index in [0.29, 0.717) is 16.9 Å². The molecule has 0 bridgehead atoms. The number of pyridine rings is 1. The average Bonchev–Trinajstić information content (AvgIpc) is 2.43. The van der Waals surface area contributed by atoms with Gasteiger partial charge < -0.3 is 19.3 Å². The normalized spacial score (nSPS) is 10.2. The maximum atomic E-state index is 10.5. The van der Waals surface area contributed by atoms with E-state index < -0.39 is 12.6 Å². The van der Waals surface area contributed by atoms with E-state index >= 15 is 0 Å². The van der Waals surface area contributed by atoms with Crippen molar-refractivity contribution in [1.29, 1.82) is 0 Å². The van der Waals surface area contributed by atoms with E-state index in [-0.39, 0.29) is 5.88 Å². The lowest BCUT2D eigenvalue weighted by atomic mass is 10.1. The molecule has 1 aromatic carbocycles. The number of carboxylic acid groups (broad SMARTS) is 1. The molecule has 0 spiro atoms. The van der Waals surface area contributed by atoms with Crippen LogP contribution in [0.25, 0.3) is 10.8 Å². The molecule has 2 rings (SSSR count). The summed E-state index contributed by atoms with van der Waals surface area (Å²) in [6.45, 7) is -0.444. The molecule has 2 aromatic rings. The molecule has 0 fully saturated rings. The Kier molecular flexibility index (Phi) is 3.70. The largest absolute Gasteiger partial charge is 0.493 e. The molecule has 0 unspecified atom stereocenters. The van der Waals surface area contributed by atoms with Crippen molar-refractivity contribution >= 4 is 16.7 Å². The molecule has 0 atom stereocenters. The zero-order chi connectivity index (χ0) is 13.8. The van der Waals surface area contributed by atoms with Crippen LogP contribution in [0.3, 0.4) is 0 Å². The van der Waals surface area contributed by atoms with E-state index in [4.69, 9.17) is 19.3 Å². The Balaban J connectivity index is 2.51. The van der Waals surface area contributed by atoms with Gasteiger partial charge in [-0.05, 0) is 23.6 Å². The minimum absolute atomic E-state index is 0.251. The van der Waals surface area contributed by atoms with Gasteiger partial charge in [-0.25, -0.2) is 9.78 Å². The summed E-state index contributed by atoms with van der Waals surface area (Å²) in [5.41, 5.74) is 0. The molecule has 0 aliphatic heterocycles. The number of aromatic nitrogens is 1. The van der Waals surface area contributed by atoms with E-state index in [0.717, 1.165) is 5.39 Å². The minimum Gasteiger partial charge on any atom is -0.493 e. The van der Waals surface area contributed by atoms with Crippen LogP contribution in [-0.4, -0.2) is 36.9 Å². The Hall–Kier alpha value is -2.50. The molecule has 1 heterocycles. The van der Waals surface area contributed by atoms with Crippen molar-refractivity contribution in [3.8, 4) is 17.4 Å². The highest BCUT2D eigenvalue weighted by molar-refractivity contribution is 5.90. The Bertz CT molecular complexity index is 611. The fourth-order valence-corrected chi connectivity index (χ4v) is 1.72. The molecule has 0 saturated carbocycles. The average molecular weight is 263 g/mol. The Morgan fingerprint density at radius 3 is 2.58 bits per heavy atom. The molecule has 1 N–H and O–H groups in total. The number of hydrogen-bond acceptors (Lipinski definition) is 5. The highest BCUT2D eigenvalue weighted by atomic mass is 16.5. The third kappa shape index (κ3) is 2.67. The zero-order valence-electron chi connectivity index (χ0n) is 10.5. The van der Waals surface area contributed by atoms with Crippen molar-refractivity contribution in [3.63, 3.8) is 0 Å². The molecular formula is C13H13NO5. The molecule has 0 aliphatic carbocycles. The molecule has 6 heteroatoms. The number of methoxy groups -OCH3 is 2. The summed E-state index contributed by atoms with van der Waals surface area (Å²) in [4.78, 5) is 14.6. The topological polar surface area (TPSA) is 77.9 Å². The summed E-state index contributed by atoms with van der Waals surface area (Å²) in [6, 6.07) is 5.27. The summed E-state index contributed by atoms with van der Waals surface area (Å²) in [5, 5.41) is 10.1. The number of benzene rings is 1. The van der Waals surface area contributed by atoms with E-state index in [1.807, 2.05) is 0 Å². The molecule has 19 heavy (non-hydrogen) atoms. The summed E-state index contributed by atoms with van der Waals surface area (Å²) < 4.78 is 15.5. The highest BCUT2D eigenvalue weighted by Crippen LogP contribution is 2.35. The van der Waals surface area contributed by atoms with Gasteiger partial charge in [0.25, 0.3) is 0 Å². The van der Waals surface area contributed by atoms with Crippen LogP contribution in [0.4, 0.5) is 0 Å². The third-order valence-corrected chi connectivity index (χ3v) is 2.56. The first-order valence-corrected chi connectivity index (χ1v) is 5.51. The number of aliphatic carboxylic acids is 1. The molecule has 100 valence electrons. The zero-order valence-corrected chi connectivity index (χ0v) is 10.5. The number of carboxylic acids is 1. The quantitative estimate of drug-likeness (QED) is 0.884. The van der Waals surface area contributed by atoms with Gasteiger partial charge in [-0.3, -0.25) is 0 Å². The summed E-state index contributed by atoms with van der Waals surface area (Å²) >= 11 is 0. The van der Waals surface area contributed by atoms with Crippen LogP contribution in [-0.2, 0) is 4.79 Å². The first-order chi connectivity index (χ1) is 9.15. The number of ether oxygens (including phenoxy) is 3. The predicted octanol–water partition coefficient (Wildman–Crippen LogP) is 1.72. The van der Waals surface area contributed by atoms with Crippen LogP contribution in [0.2, 0.25) is 0 Å². The van der Waals surface area contributed by atoms with Gasteiger partial charge in [0.1, 0.15) is 0 Å². The maximum Gasteiger partial charge on any atom is 0.341 e. The second-order valence-corrected chi connectivity index (χ2v) is 3.73. The number of hydrogen-bond donors (Lipinski definition) is 1. The SMILES string of the molecule is COc1cc2ccnc(OCC(=O)O)c2cc1OC. The maximum absolute atomic E-state index is 10.5. The van der Waals surface area contributed by atoms with Gasteiger partial charge in [0.05, 0.1) is 14.2 Å². The molecule has 6 nitrogen and oxygen atoms in total. The Labute approximate surface area is 109 Å². The van der Waals surface area contributed by atoms with Crippen molar-refractivity contribution in [2.45, 2.75) is 0 Å². The number of rotatable bonds is 5. The van der Waals surface area contributed by atoms with Crippen molar-refractivity contribution in [3.05, 3.63) is 24.4 Å². The molecule has 0 radical (unpaired) electrons. The van der Waals surface area contributed by atoms with Gasteiger partial charge in [-0.2, -0.15) is 0 Å². The molecule has 0 amide bonds. The van der Waals surface area contributed by atoms with Gasteiger partial charge in [-0.15, -0.1) is 0 Å². The van der Waals surface area contributed by atoms with E-state index in [1.165, 1.54) is 7.11 Å². The van der Waals surface area contributed by atoms with Crippen molar-refractivity contribution in [2.75, 3.05) is 20.8 Å². The number of fused-ring (bicyclic) bond motifs is 1. The first-order valence-electron chi connectivity index (χ1n) is 5.51. The lowest BCUT2D eigenvalue weighted by molar-refractivity contribution is -0.139. The van der Waals surface area contributed by atoms with Crippen LogP contribution < -0.4 is 14.2 Å². The van der Waals surface area contributed by atoms with Gasteiger partial charge in [-0.1, -0.05) is 0 Å². The standard InChI is InChI=1S/C13H13NO5/c1-17-10-5-8-3-4-14-13(19-7-12(15)16)9(8)6-11(10)18-2/h3-6H,7H2,1-2H3,(H,15,16).